The second kappa shape index (κ2) is 7.91. The predicted octanol–water partition coefficient (Wildman–Crippen LogP) is 2.53. The topological polar surface area (TPSA) is 77.2 Å². The van der Waals surface area contributed by atoms with Gasteiger partial charge in [0.25, 0.3) is 5.91 Å². The molecule has 0 saturated carbocycles. The normalized spacial score (nSPS) is 12.0. The number of aromatic nitrogens is 1. The van der Waals surface area contributed by atoms with Crippen molar-refractivity contribution in [3.05, 3.63) is 45.9 Å². The summed E-state index contributed by atoms with van der Waals surface area (Å²) in [6.07, 6.45) is 1.52. The van der Waals surface area contributed by atoms with Crippen LogP contribution in [0.3, 0.4) is 0 Å². The van der Waals surface area contributed by atoms with Crippen LogP contribution in [0.4, 0.5) is 0 Å². The van der Waals surface area contributed by atoms with Crippen LogP contribution in [-0.4, -0.2) is 24.5 Å². The first-order valence-corrected chi connectivity index (χ1v) is 8.14. The summed E-state index contributed by atoms with van der Waals surface area (Å²) in [5.41, 5.74) is 7.42. The summed E-state index contributed by atoms with van der Waals surface area (Å²) < 4.78 is 5.29. The number of hydrogen-bond acceptors (Lipinski definition) is 5. The van der Waals surface area contributed by atoms with Crippen molar-refractivity contribution < 1.29 is 9.53 Å². The molecule has 3 N–H and O–H groups in total. The van der Waals surface area contributed by atoms with Crippen LogP contribution in [0.2, 0.25) is 0 Å². The Morgan fingerprint density at radius 2 is 2.23 bits per heavy atom. The summed E-state index contributed by atoms with van der Waals surface area (Å²) in [7, 11) is 1.64. The van der Waals surface area contributed by atoms with E-state index in [1.807, 2.05) is 31.2 Å². The minimum atomic E-state index is -0.166. The summed E-state index contributed by atoms with van der Waals surface area (Å²) in [6, 6.07) is 7.69. The molecule has 0 aliphatic rings. The number of methoxy groups -OCH3 is 1. The summed E-state index contributed by atoms with van der Waals surface area (Å²) >= 11 is 1.43. The van der Waals surface area contributed by atoms with Crippen LogP contribution < -0.4 is 15.8 Å². The Morgan fingerprint density at radius 3 is 2.95 bits per heavy atom. The number of hydrogen-bond donors (Lipinski definition) is 2. The Morgan fingerprint density at radius 1 is 1.45 bits per heavy atom. The second-order valence-corrected chi connectivity index (χ2v) is 5.79. The largest absolute Gasteiger partial charge is 0.496 e. The lowest BCUT2D eigenvalue weighted by molar-refractivity contribution is 0.0949. The zero-order valence-electron chi connectivity index (χ0n) is 12.8. The first kappa shape index (κ1) is 16.5. The molecular formula is C16H21N3O2S. The Balaban J connectivity index is 1.89. The molecule has 1 atom stereocenters. The molecule has 118 valence electrons. The Kier molecular flexibility index (Phi) is 5.91. The van der Waals surface area contributed by atoms with Crippen molar-refractivity contribution in [1.82, 2.24) is 10.3 Å². The van der Waals surface area contributed by atoms with Gasteiger partial charge < -0.3 is 15.8 Å². The fourth-order valence-electron chi connectivity index (χ4n) is 2.05. The molecule has 22 heavy (non-hydrogen) atoms. The standard InChI is InChI=1S/C16H21N3O2S/c1-3-12(17)16-19-13(10-22-16)15(20)18-9-8-11-6-4-5-7-14(11)21-2/h4-7,10,12H,3,8-9,17H2,1-2H3,(H,18,20). The zero-order valence-corrected chi connectivity index (χ0v) is 13.7. The number of ether oxygens (including phenoxy) is 1. The molecule has 1 aromatic carbocycles. The third kappa shape index (κ3) is 4.05. The van der Waals surface area contributed by atoms with Crippen molar-refractivity contribution in [2.24, 2.45) is 5.73 Å². The molecule has 5 nitrogen and oxygen atoms in total. The number of amides is 1. The number of nitrogens with one attached hydrogen (secondary N) is 1. The average Bonchev–Trinajstić information content (AvgIpc) is 3.04. The summed E-state index contributed by atoms with van der Waals surface area (Å²) in [5.74, 6) is 0.669. The van der Waals surface area contributed by atoms with E-state index in [9.17, 15) is 4.79 Å². The van der Waals surface area contributed by atoms with Gasteiger partial charge in [-0.3, -0.25) is 4.79 Å². The maximum absolute atomic E-state index is 12.1. The van der Waals surface area contributed by atoms with Crippen molar-refractivity contribution >= 4 is 17.2 Å². The average molecular weight is 319 g/mol. The molecular weight excluding hydrogens is 298 g/mol. The van der Waals surface area contributed by atoms with Crippen LogP contribution in [0.5, 0.6) is 5.75 Å². The quantitative estimate of drug-likeness (QED) is 0.822. The van der Waals surface area contributed by atoms with E-state index in [0.717, 1.165) is 22.7 Å². The first-order valence-electron chi connectivity index (χ1n) is 7.26. The molecule has 0 aliphatic heterocycles. The molecule has 0 radical (unpaired) electrons. The number of thiazole rings is 1. The SMILES string of the molecule is CCC(N)c1nc(C(=O)NCCc2ccccc2OC)cs1. The van der Waals surface area contributed by atoms with E-state index in [2.05, 4.69) is 10.3 Å². The lowest BCUT2D eigenvalue weighted by atomic mass is 10.1. The highest BCUT2D eigenvalue weighted by atomic mass is 32.1. The third-order valence-electron chi connectivity index (χ3n) is 3.38. The molecule has 0 saturated heterocycles. The minimum Gasteiger partial charge on any atom is -0.496 e. The van der Waals surface area contributed by atoms with Crippen LogP contribution in [0.15, 0.2) is 29.6 Å². The molecule has 0 aliphatic carbocycles. The minimum absolute atomic E-state index is 0.0971. The maximum atomic E-state index is 12.1. The lowest BCUT2D eigenvalue weighted by Crippen LogP contribution is -2.26. The number of carbonyl (C=O) groups excluding carboxylic acids is 1. The van der Waals surface area contributed by atoms with Gasteiger partial charge in [-0.05, 0) is 24.5 Å². The number of nitrogens with zero attached hydrogens (tertiary/aromatic N) is 1. The molecule has 2 aromatic rings. The summed E-state index contributed by atoms with van der Waals surface area (Å²) in [6.45, 7) is 2.53. The van der Waals surface area contributed by atoms with Gasteiger partial charge in [0.15, 0.2) is 0 Å². The van der Waals surface area contributed by atoms with E-state index in [1.165, 1.54) is 11.3 Å². The van der Waals surface area contributed by atoms with Gasteiger partial charge in [-0.15, -0.1) is 11.3 Å². The molecule has 0 spiro atoms. The number of rotatable bonds is 7. The summed E-state index contributed by atoms with van der Waals surface area (Å²) in [4.78, 5) is 16.4. The zero-order chi connectivity index (χ0) is 15.9. The van der Waals surface area contributed by atoms with Gasteiger partial charge in [-0.1, -0.05) is 25.1 Å². The lowest BCUT2D eigenvalue weighted by Gasteiger charge is -2.08. The molecule has 1 heterocycles. The van der Waals surface area contributed by atoms with Gasteiger partial charge in [0.05, 0.1) is 13.2 Å². The number of para-hydroxylation sites is 1. The Hall–Kier alpha value is -1.92. The predicted molar refractivity (Wildman–Crippen MR) is 88.4 cm³/mol. The van der Waals surface area contributed by atoms with Gasteiger partial charge in [0.1, 0.15) is 16.5 Å². The Bertz CT molecular complexity index is 627. The smallest absolute Gasteiger partial charge is 0.270 e. The van der Waals surface area contributed by atoms with Gasteiger partial charge in [0, 0.05) is 11.9 Å². The summed E-state index contributed by atoms with van der Waals surface area (Å²) in [5, 5.41) is 5.43. The van der Waals surface area contributed by atoms with Gasteiger partial charge in [0.2, 0.25) is 0 Å². The molecule has 1 aromatic heterocycles. The monoisotopic (exact) mass is 319 g/mol. The Labute approximate surface area is 134 Å². The van der Waals surface area contributed by atoms with Crippen LogP contribution in [0, 0.1) is 0 Å². The van der Waals surface area contributed by atoms with E-state index >= 15 is 0 Å². The fraction of sp³-hybridized carbons (Fsp3) is 0.375. The molecule has 6 heteroatoms. The van der Waals surface area contributed by atoms with E-state index in [1.54, 1.807) is 12.5 Å². The van der Waals surface area contributed by atoms with Crippen LogP contribution in [-0.2, 0) is 6.42 Å². The number of nitrogens with two attached hydrogens (primary N) is 1. The van der Waals surface area contributed by atoms with E-state index in [4.69, 9.17) is 10.5 Å². The van der Waals surface area contributed by atoms with Crippen molar-refractivity contribution in [3.63, 3.8) is 0 Å². The van der Waals surface area contributed by atoms with Crippen LogP contribution >= 0.6 is 11.3 Å². The second-order valence-electron chi connectivity index (χ2n) is 4.90. The molecule has 0 fully saturated rings. The van der Waals surface area contributed by atoms with Crippen LogP contribution in [0.1, 0.15) is 40.4 Å². The molecule has 1 unspecified atom stereocenters. The van der Waals surface area contributed by atoms with E-state index in [0.29, 0.717) is 18.7 Å². The van der Waals surface area contributed by atoms with Crippen molar-refractivity contribution in [2.75, 3.05) is 13.7 Å². The maximum Gasteiger partial charge on any atom is 0.270 e. The van der Waals surface area contributed by atoms with Gasteiger partial charge in [-0.25, -0.2) is 4.98 Å². The van der Waals surface area contributed by atoms with Crippen molar-refractivity contribution in [2.45, 2.75) is 25.8 Å². The molecule has 2 rings (SSSR count). The van der Waals surface area contributed by atoms with Gasteiger partial charge >= 0.3 is 0 Å². The highest BCUT2D eigenvalue weighted by Gasteiger charge is 2.13. The van der Waals surface area contributed by atoms with Crippen molar-refractivity contribution in [3.8, 4) is 5.75 Å². The van der Waals surface area contributed by atoms with Crippen molar-refractivity contribution in [1.29, 1.82) is 0 Å². The number of carbonyl (C=O) groups is 1. The fourth-order valence-corrected chi connectivity index (χ4v) is 2.93. The molecule has 0 bridgehead atoms. The highest BCUT2D eigenvalue weighted by Crippen LogP contribution is 2.19. The molecule has 1 amide bonds. The van der Waals surface area contributed by atoms with E-state index in [-0.39, 0.29) is 11.9 Å². The van der Waals surface area contributed by atoms with Gasteiger partial charge in [-0.2, -0.15) is 0 Å². The first-order chi connectivity index (χ1) is 10.7. The van der Waals surface area contributed by atoms with Crippen LogP contribution in [0.25, 0.3) is 0 Å². The number of benzene rings is 1. The van der Waals surface area contributed by atoms with E-state index < -0.39 is 0 Å². The highest BCUT2D eigenvalue weighted by molar-refractivity contribution is 7.09. The third-order valence-corrected chi connectivity index (χ3v) is 4.36.